The first-order chi connectivity index (χ1) is 11.7. The number of alkyl halides is 2. The van der Waals surface area contributed by atoms with Crippen LogP contribution in [0.1, 0.15) is 53.4 Å². The van der Waals surface area contributed by atoms with Gasteiger partial charge in [0.05, 0.1) is 6.61 Å². The fraction of sp³-hybridized carbons (Fsp3) is 0.625. The highest BCUT2D eigenvalue weighted by molar-refractivity contribution is 7.78. The van der Waals surface area contributed by atoms with Crippen molar-refractivity contribution < 1.29 is 28.3 Å². The molecule has 1 atom stereocenters. The predicted octanol–water partition coefficient (Wildman–Crippen LogP) is 5.87. The summed E-state index contributed by atoms with van der Waals surface area (Å²) < 4.78 is 24.4. The van der Waals surface area contributed by atoms with E-state index in [1.165, 1.54) is 11.1 Å². The normalized spacial score (nSPS) is 16.3. The third kappa shape index (κ3) is 9.34. The van der Waals surface area contributed by atoms with Crippen molar-refractivity contribution >= 4 is 38.4 Å². The van der Waals surface area contributed by atoms with Crippen molar-refractivity contribution in [2.24, 2.45) is 0 Å². The molecule has 0 spiro atoms. The van der Waals surface area contributed by atoms with Crippen LogP contribution < -0.4 is 0 Å². The van der Waals surface area contributed by atoms with E-state index in [1.54, 1.807) is 6.08 Å². The topological polar surface area (TPSA) is 104 Å². The SMILES string of the molecule is CC(C)=CCCC(C)=CCCC(C)=CCOP(=O)(O)C(Cl)(Cl)P(=O)(O)O. The summed E-state index contributed by atoms with van der Waals surface area (Å²) in [4.78, 5) is 27.5. The molecule has 0 aliphatic carbocycles. The minimum atomic E-state index is -5.24. The molecular weight excluding hydrogens is 421 g/mol. The molecule has 0 aliphatic heterocycles. The molecular formula is C16H28Cl2O6P2. The Morgan fingerprint density at radius 2 is 1.38 bits per heavy atom. The highest BCUT2D eigenvalue weighted by Gasteiger charge is 2.59. The van der Waals surface area contributed by atoms with Crippen LogP contribution in [0.15, 0.2) is 34.9 Å². The third-order valence-corrected chi connectivity index (χ3v) is 9.52. The van der Waals surface area contributed by atoms with E-state index in [0.717, 1.165) is 31.3 Å². The zero-order valence-electron chi connectivity index (χ0n) is 15.5. The molecule has 10 heteroatoms. The van der Waals surface area contributed by atoms with E-state index in [4.69, 9.17) is 33.0 Å². The standard InChI is InChI=1S/C16H28Cl2O6P2/c1-13(2)7-5-8-14(3)9-6-10-15(4)11-12-24-26(22,23)16(17,18)25(19,20)21/h7,9,11H,5-6,8,10,12H2,1-4H3,(H,22,23)(H2,19,20,21). The van der Waals surface area contributed by atoms with Crippen LogP contribution in [0.5, 0.6) is 0 Å². The molecule has 0 heterocycles. The molecule has 0 aromatic rings. The first-order valence-electron chi connectivity index (χ1n) is 8.06. The van der Waals surface area contributed by atoms with Crippen LogP contribution >= 0.6 is 38.4 Å². The van der Waals surface area contributed by atoms with Crippen molar-refractivity contribution in [3.05, 3.63) is 34.9 Å². The van der Waals surface area contributed by atoms with Crippen LogP contribution in [-0.2, 0) is 13.7 Å². The lowest BCUT2D eigenvalue weighted by molar-refractivity contribution is 0.280. The van der Waals surface area contributed by atoms with Crippen molar-refractivity contribution in [3.8, 4) is 0 Å². The summed E-state index contributed by atoms with van der Waals surface area (Å²) in [5.41, 5.74) is 3.50. The molecule has 0 aliphatic rings. The second kappa shape index (κ2) is 11.2. The van der Waals surface area contributed by atoms with E-state index in [9.17, 15) is 14.0 Å². The molecule has 3 N–H and O–H groups in total. The zero-order chi connectivity index (χ0) is 20.6. The van der Waals surface area contributed by atoms with Crippen LogP contribution in [0.3, 0.4) is 0 Å². The first-order valence-corrected chi connectivity index (χ1v) is 12.0. The van der Waals surface area contributed by atoms with Crippen molar-refractivity contribution in [2.75, 3.05) is 6.61 Å². The molecule has 152 valence electrons. The summed E-state index contributed by atoms with van der Waals surface area (Å²) in [6, 6.07) is 0. The van der Waals surface area contributed by atoms with E-state index in [0.29, 0.717) is 0 Å². The van der Waals surface area contributed by atoms with Crippen LogP contribution in [0, 0.1) is 0 Å². The molecule has 0 fully saturated rings. The second-order valence-electron chi connectivity index (χ2n) is 6.33. The third-order valence-electron chi connectivity index (χ3n) is 3.49. The molecule has 0 saturated heterocycles. The van der Waals surface area contributed by atoms with Crippen LogP contribution in [0.2, 0.25) is 0 Å². The lowest BCUT2D eigenvalue weighted by Gasteiger charge is -2.24. The minimum absolute atomic E-state index is 0.329. The monoisotopic (exact) mass is 448 g/mol. The molecule has 0 amide bonds. The average molecular weight is 449 g/mol. The fourth-order valence-corrected chi connectivity index (χ4v) is 4.08. The number of rotatable bonds is 11. The molecule has 6 nitrogen and oxygen atoms in total. The number of allylic oxidation sites excluding steroid dienone is 5. The summed E-state index contributed by atoms with van der Waals surface area (Å²) in [7, 11) is -10.2. The number of hydrogen-bond donors (Lipinski definition) is 3. The molecule has 0 radical (unpaired) electrons. The van der Waals surface area contributed by atoms with E-state index >= 15 is 0 Å². The van der Waals surface area contributed by atoms with Gasteiger partial charge in [-0.1, -0.05) is 58.1 Å². The smallest absolute Gasteiger partial charge is 0.322 e. The summed E-state index contributed by atoms with van der Waals surface area (Å²) in [5.74, 6) is 0. The summed E-state index contributed by atoms with van der Waals surface area (Å²) in [5, 5.41) is 0. The van der Waals surface area contributed by atoms with Gasteiger partial charge in [0.2, 0.25) is 0 Å². The summed E-state index contributed by atoms with van der Waals surface area (Å²) in [6.07, 6.45) is 9.45. The Morgan fingerprint density at radius 3 is 1.85 bits per heavy atom. The Balaban J connectivity index is 4.49. The Morgan fingerprint density at radius 1 is 0.923 bits per heavy atom. The maximum Gasteiger partial charge on any atom is 0.376 e. The molecule has 0 aromatic carbocycles. The second-order valence-corrected chi connectivity index (χ2v) is 12.8. The lowest BCUT2D eigenvalue weighted by Crippen LogP contribution is -2.15. The largest absolute Gasteiger partial charge is 0.376 e. The highest BCUT2D eigenvalue weighted by Crippen LogP contribution is 2.75. The van der Waals surface area contributed by atoms with Gasteiger partial charge in [0, 0.05) is 0 Å². The predicted molar refractivity (Wildman–Crippen MR) is 108 cm³/mol. The van der Waals surface area contributed by atoms with E-state index in [-0.39, 0.29) is 6.61 Å². The van der Waals surface area contributed by atoms with Crippen molar-refractivity contribution in [2.45, 2.75) is 57.2 Å². The molecule has 0 aromatic heterocycles. The Bertz CT molecular complexity index is 645. The zero-order valence-corrected chi connectivity index (χ0v) is 18.8. The quantitative estimate of drug-likeness (QED) is 0.207. The van der Waals surface area contributed by atoms with Gasteiger partial charge in [0.1, 0.15) is 0 Å². The Kier molecular flexibility index (Phi) is 11.2. The molecule has 1 unspecified atom stereocenters. The van der Waals surface area contributed by atoms with Crippen molar-refractivity contribution in [1.82, 2.24) is 0 Å². The van der Waals surface area contributed by atoms with Crippen LogP contribution in [0.4, 0.5) is 0 Å². The van der Waals surface area contributed by atoms with E-state index in [2.05, 4.69) is 37.4 Å². The minimum Gasteiger partial charge on any atom is -0.322 e. The Labute approximate surface area is 165 Å². The van der Waals surface area contributed by atoms with Crippen molar-refractivity contribution in [3.63, 3.8) is 0 Å². The van der Waals surface area contributed by atoms with Gasteiger partial charge >= 0.3 is 19.0 Å². The van der Waals surface area contributed by atoms with Gasteiger partial charge in [-0.25, -0.2) is 0 Å². The van der Waals surface area contributed by atoms with Gasteiger partial charge in [-0.05, 0) is 53.4 Å². The van der Waals surface area contributed by atoms with E-state index < -0.39 is 19.0 Å². The fourth-order valence-electron chi connectivity index (χ4n) is 1.86. The maximum atomic E-state index is 11.8. The summed E-state index contributed by atoms with van der Waals surface area (Å²) in [6.45, 7) is 7.71. The van der Waals surface area contributed by atoms with Gasteiger partial charge in [-0.2, -0.15) is 0 Å². The Hall–Kier alpha value is 0.1000. The van der Waals surface area contributed by atoms with Crippen LogP contribution in [-0.4, -0.2) is 25.1 Å². The number of halogens is 2. The van der Waals surface area contributed by atoms with Gasteiger partial charge in [-0.15, -0.1) is 0 Å². The average Bonchev–Trinajstić information content (AvgIpc) is 2.45. The summed E-state index contributed by atoms with van der Waals surface area (Å²) >= 11 is 10.7. The molecule has 26 heavy (non-hydrogen) atoms. The van der Waals surface area contributed by atoms with Gasteiger partial charge in [0.25, 0.3) is 0 Å². The van der Waals surface area contributed by atoms with Crippen molar-refractivity contribution in [1.29, 1.82) is 0 Å². The maximum absolute atomic E-state index is 11.8. The van der Waals surface area contributed by atoms with Gasteiger partial charge in [0.15, 0.2) is 0 Å². The van der Waals surface area contributed by atoms with E-state index in [1.807, 2.05) is 6.92 Å². The lowest BCUT2D eigenvalue weighted by atomic mass is 10.1. The van der Waals surface area contributed by atoms with Crippen LogP contribution in [0.25, 0.3) is 0 Å². The first kappa shape index (κ1) is 26.1. The van der Waals surface area contributed by atoms with Gasteiger partial charge < -0.3 is 19.2 Å². The highest BCUT2D eigenvalue weighted by atomic mass is 35.5. The molecule has 0 bridgehead atoms. The van der Waals surface area contributed by atoms with Gasteiger partial charge in [-0.3, -0.25) is 9.13 Å². The molecule has 0 saturated carbocycles. The molecule has 0 rings (SSSR count). The number of hydrogen-bond acceptors (Lipinski definition) is 3.